The highest BCUT2D eigenvalue weighted by molar-refractivity contribution is 6.01. The van der Waals surface area contributed by atoms with Crippen molar-refractivity contribution < 1.29 is 28.7 Å². The van der Waals surface area contributed by atoms with Gasteiger partial charge in [-0.1, -0.05) is 54.6 Å². The largest absolute Gasteiger partial charge is 0.495 e. The van der Waals surface area contributed by atoms with Crippen molar-refractivity contribution in [2.45, 2.75) is 25.8 Å². The van der Waals surface area contributed by atoms with Crippen LogP contribution in [0.3, 0.4) is 0 Å². The van der Waals surface area contributed by atoms with E-state index in [2.05, 4.69) is 21.3 Å². The number of nitrogens with one attached hydrogen (secondary N) is 4. The van der Waals surface area contributed by atoms with Crippen LogP contribution < -0.4 is 26.0 Å². The minimum Gasteiger partial charge on any atom is -0.495 e. The predicted octanol–water partition coefficient (Wildman–Crippen LogP) is 5.86. The van der Waals surface area contributed by atoms with E-state index in [-0.39, 0.29) is 24.7 Å². The number of ether oxygens (including phenoxy) is 2. The summed E-state index contributed by atoms with van der Waals surface area (Å²) < 4.78 is 10.3. The summed E-state index contributed by atoms with van der Waals surface area (Å²) >= 11 is 0. The standard InChI is InChI=1S/C34H34N4O6/c1-22-9-7-8-12-27(22)37-34(42)38-28-18-13-23(19-30(28)43-2)20-31(39)35-26-16-14-24(15-17-26)29(21-32(40)44-3)36-33(41)25-10-5-4-6-11-25/h4-19,29H,20-21H2,1-3H3,(H,35,39)(H,36,41)(H2,37,38,42). The van der Waals surface area contributed by atoms with Crippen LogP contribution in [0, 0.1) is 6.92 Å². The Hall–Kier alpha value is -5.64. The van der Waals surface area contributed by atoms with E-state index in [0.29, 0.717) is 39.5 Å². The fourth-order valence-electron chi connectivity index (χ4n) is 4.46. The van der Waals surface area contributed by atoms with Gasteiger partial charge >= 0.3 is 12.0 Å². The third kappa shape index (κ3) is 8.68. The van der Waals surface area contributed by atoms with E-state index in [1.54, 1.807) is 66.7 Å². The zero-order chi connectivity index (χ0) is 31.5. The Labute approximate surface area is 255 Å². The summed E-state index contributed by atoms with van der Waals surface area (Å²) in [5.41, 5.74) is 4.46. The summed E-state index contributed by atoms with van der Waals surface area (Å²) in [6.45, 7) is 1.90. The van der Waals surface area contributed by atoms with Crippen LogP contribution in [-0.2, 0) is 20.7 Å². The van der Waals surface area contributed by atoms with E-state index in [1.165, 1.54) is 14.2 Å². The third-order valence-corrected chi connectivity index (χ3v) is 6.81. The molecule has 0 bridgehead atoms. The average Bonchev–Trinajstić information content (AvgIpc) is 3.03. The van der Waals surface area contributed by atoms with Gasteiger partial charge in [0.05, 0.1) is 38.8 Å². The number of esters is 1. The van der Waals surface area contributed by atoms with Crippen LogP contribution in [0.4, 0.5) is 21.9 Å². The number of urea groups is 1. The molecule has 10 heteroatoms. The lowest BCUT2D eigenvalue weighted by molar-refractivity contribution is -0.141. The Kier molecular flexibility index (Phi) is 10.7. The fraction of sp³-hybridized carbons (Fsp3) is 0.176. The van der Waals surface area contributed by atoms with Crippen LogP contribution >= 0.6 is 0 Å². The Morgan fingerprint density at radius 1 is 0.750 bits per heavy atom. The molecule has 0 heterocycles. The molecule has 0 aromatic heterocycles. The van der Waals surface area contributed by atoms with Crippen LogP contribution in [0.25, 0.3) is 0 Å². The monoisotopic (exact) mass is 594 g/mol. The summed E-state index contributed by atoms with van der Waals surface area (Å²) in [6, 6.07) is 27.1. The van der Waals surface area contributed by atoms with E-state index < -0.39 is 18.0 Å². The lowest BCUT2D eigenvalue weighted by Crippen LogP contribution is -2.30. The van der Waals surface area contributed by atoms with Gasteiger partial charge in [0.25, 0.3) is 5.91 Å². The molecule has 4 rings (SSSR count). The molecule has 0 saturated heterocycles. The maximum absolute atomic E-state index is 12.8. The molecule has 1 atom stereocenters. The number of para-hydroxylation sites is 1. The number of amides is 4. The number of rotatable bonds is 11. The zero-order valence-electron chi connectivity index (χ0n) is 24.7. The molecule has 0 saturated carbocycles. The molecule has 4 amide bonds. The lowest BCUT2D eigenvalue weighted by Gasteiger charge is -2.19. The van der Waals surface area contributed by atoms with E-state index in [0.717, 1.165) is 5.56 Å². The minimum atomic E-state index is -0.627. The summed E-state index contributed by atoms with van der Waals surface area (Å²) in [6.07, 6.45) is 0.00686. The quantitative estimate of drug-likeness (QED) is 0.161. The van der Waals surface area contributed by atoms with Gasteiger partial charge in [-0.15, -0.1) is 0 Å². The van der Waals surface area contributed by atoms with Crippen molar-refractivity contribution in [3.05, 3.63) is 119 Å². The topological polar surface area (TPSA) is 135 Å². The van der Waals surface area contributed by atoms with E-state index in [1.807, 2.05) is 37.3 Å². The Bertz CT molecular complexity index is 1620. The van der Waals surface area contributed by atoms with Gasteiger partial charge in [-0.2, -0.15) is 0 Å². The highest BCUT2D eigenvalue weighted by Gasteiger charge is 2.20. The number of carbonyl (C=O) groups is 4. The molecule has 0 aliphatic heterocycles. The number of hydrogen-bond donors (Lipinski definition) is 4. The summed E-state index contributed by atoms with van der Waals surface area (Å²) in [7, 11) is 2.78. The molecule has 1 unspecified atom stereocenters. The highest BCUT2D eigenvalue weighted by Crippen LogP contribution is 2.27. The average molecular weight is 595 g/mol. The molecular weight excluding hydrogens is 560 g/mol. The van der Waals surface area contributed by atoms with Gasteiger partial charge in [0.2, 0.25) is 5.91 Å². The van der Waals surface area contributed by atoms with Crippen molar-refractivity contribution in [1.82, 2.24) is 5.32 Å². The van der Waals surface area contributed by atoms with Gasteiger partial charge in [-0.05, 0) is 66.1 Å². The van der Waals surface area contributed by atoms with Gasteiger partial charge in [0.1, 0.15) is 5.75 Å². The molecule has 10 nitrogen and oxygen atoms in total. The number of hydrogen-bond acceptors (Lipinski definition) is 6. The predicted molar refractivity (Wildman–Crippen MR) is 169 cm³/mol. The van der Waals surface area contributed by atoms with Crippen molar-refractivity contribution in [1.29, 1.82) is 0 Å². The van der Waals surface area contributed by atoms with Crippen molar-refractivity contribution in [3.8, 4) is 5.75 Å². The third-order valence-electron chi connectivity index (χ3n) is 6.81. The Morgan fingerprint density at radius 3 is 2.11 bits per heavy atom. The van der Waals surface area contributed by atoms with Crippen molar-refractivity contribution >= 4 is 40.9 Å². The second-order valence-electron chi connectivity index (χ2n) is 9.95. The molecule has 0 aliphatic carbocycles. The summed E-state index contributed by atoms with van der Waals surface area (Å²) in [5, 5.41) is 11.3. The first-order valence-electron chi connectivity index (χ1n) is 13.9. The van der Waals surface area contributed by atoms with Crippen molar-refractivity contribution in [3.63, 3.8) is 0 Å². The van der Waals surface area contributed by atoms with E-state index >= 15 is 0 Å². The smallest absolute Gasteiger partial charge is 0.323 e. The number of benzene rings is 4. The van der Waals surface area contributed by atoms with Crippen molar-refractivity contribution in [2.24, 2.45) is 0 Å². The van der Waals surface area contributed by atoms with Crippen LogP contribution in [0.2, 0.25) is 0 Å². The molecule has 4 aromatic carbocycles. The van der Waals surface area contributed by atoms with Gasteiger partial charge in [-0.25, -0.2) is 4.79 Å². The molecular formula is C34H34N4O6. The first kappa shape index (κ1) is 31.3. The van der Waals surface area contributed by atoms with Crippen LogP contribution in [0.1, 0.15) is 39.5 Å². The van der Waals surface area contributed by atoms with Crippen LogP contribution in [-0.4, -0.2) is 38.0 Å². The van der Waals surface area contributed by atoms with Gasteiger partial charge in [0, 0.05) is 16.9 Å². The zero-order valence-corrected chi connectivity index (χ0v) is 24.7. The molecule has 0 aliphatic rings. The first-order valence-corrected chi connectivity index (χ1v) is 13.9. The molecule has 0 spiro atoms. The van der Waals surface area contributed by atoms with Crippen LogP contribution in [0.15, 0.2) is 97.1 Å². The van der Waals surface area contributed by atoms with Crippen molar-refractivity contribution in [2.75, 3.05) is 30.2 Å². The molecule has 44 heavy (non-hydrogen) atoms. The van der Waals surface area contributed by atoms with Gasteiger partial charge in [-0.3, -0.25) is 14.4 Å². The summed E-state index contributed by atoms with van der Waals surface area (Å²) in [5.74, 6) is -0.639. The highest BCUT2D eigenvalue weighted by atomic mass is 16.5. The van der Waals surface area contributed by atoms with Gasteiger partial charge in [0.15, 0.2) is 0 Å². The molecule has 226 valence electrons. The SMILES string of the molecule is COC(=O)CC(NC(=O)c1ccccc1)c1ccc(NC(=O)Cc2ccc(NC(=O)Nc3ccccc3C)c(OC)c2)cc1. The second-order valence-corrected chi connectivity index (χ2v) is 9.95. The number of anilines is 3. The summed E-state index contributed by atoms with van der Waals surface area (Å²) in [4.78, 5) is 50.1. The number of methoxy groups -OCH3 is 2. The Morgan fingerprint density at radius 2 is 1.43 bits per heavy atom. The molecule has 4 N–H and O–H groups in total. The number of aryl methyl sites for hydroxylation is 1. The van der Waals surface area contributed by atoms with Crippen LogP contribution in [0.5, 0.6) is 5.75 Å². The Balaban J connectivity index is 1.37. The van der Waals surface area contributed by atoms with E-state index in [4.69, 9.17) is 9.47 Å². The normalized spacial score (nSPS) is 11.1. The minimum absolute atomic E-state index is 0.0545. The molecule has 4 aromatic rings. The first-order chi connectivity index (χ1) is 21.2. The second kappa shape index (κ2) is 15.0. The van der Waals surface area contributed by atoms with E-state index in [9.17, 15) is 19.2 Å². The molecule has 0 radical (unpaired) electrons. The maximum Gasteiger partial charge on any atom is 0.323 e. The number of carbonyl (C=O) groups excluding carboxylic acids is 4. The molecule has 0 fully saturated rings. The lowest BCUT2D eigenvalue weighted by atomic mass is 10.0. The van der Waals surface area contributed by atoms with Gasteiger partial charge < -0.3 is 30.7 Å². The maximum atomic E-state index is 12.8. The fourth-order valence-corrected chi connectivity index (χ4v) is 4.46.